The van der Waals surface area contributed by atoms with Crippen LogP contribution in [0.5, 0.6) is 0 Å². The highest BCUT2D eigenvalue weighted by Gasteiger charge is 2.20. The SMILES string of the molecule is CC[NH+](CC)Cc1ccc(CNC(=O)c2ccc(CN3CCCC3=O)cc2)cc1. The molecule has 1 aliphatic rings. The summed E-state index contributed by atoms with van der Waals surface area (Å²) in [5.74, 6) is 0.141. The molecule has 5 nitrogen and oxygen atoms in total. The zero-order valence-corrected chi connectivity index (χ0v) is 17.5. The second-order valence-electron chi connectivity index (χ2n) is 7.75. The van der Waals surface area contributed by atoms with Crippen LogP contribution in [0.15, 0.2) is 48.5 Å². The summed E-state index contributed by atoms with van der Waals surface area (Å²) in [6.07, 6.45) is 1.59. The number of carbonyl (C=O) groups is 2. The minimum atomic E-state index is -0.0783. The molecule has 0 bridgehead atoms. The van der Waals surface area contributed by atoms with Crippen molar-refractivity contribution in [3.05, 3.63) is 70.8 Å². The largest absolute Gasteiger partial charge is 0.348 e. The molecule has 0 aliphatic carbocycles. The minimum absolute atomic E-state index is 0.0783. The van der Waals surface area contributed by atoms with Crippen LogP contribution in [0.3, 0.4) is 0 Å². The highest BCUT2D eigenvalue weighted by molar-refractivity contribution is 5.94. The molecule has 1 saturated heterocycles. The molecule has 0 atom stereocenters. The molecule has 3 rings (SSSR count). The van der Waals surface area contributed by atoms with Crippen molar-refractivity contribution in [2.75, 3.05) is 19.6 Å². The van der Waals surface area contributed by atoms with Crippen LogP contribution in [0.4, 0.5) is 0 Å². The molecule has 154 valence electrons. The van der Waals surface area contributed by atoms with Crippen molar-refractivity contribution in [2.45, 2.75) is 46.3 Å². The summed E-state index contributed by atoms with van der Waals surface area (Å²) < 4.78 is 0. The van der Waals surface area contributed by atoms with E-state index in [9.17, 15) is 9.59 Å². The number of benzene rings is 2. The van der Waals surface area contributed by atoms with E-state index in [1.54, 1.807) is 4.90 Å². The maximum absolute atomic E-state index is 12.4. The monoisotopic (exact) mass is 394 g/mol. The van der Waals surface area contributed by atoms with E-state index in [2.05, 4.69) is 43.4 Å². The molecular formula is C24H32N3O2+. The van der Waals surface area contributed by atoms with Crippen LogP contribution in [-0.2, 0) is 24.4 Å². The molecule has 0 aromatic heterocycles. The molecular weight excluding hydrogens is 362 g/mol. The van der Waals surface area contributed by atoms with Crippen molar-refractivity contribution in [1.29, 1.82) is 0 Å². The van der Waals surface area contributed by atoms with Gasteiger partial charge in [0.05, 0.1) is 13.1 Å². The molecule has 2 amide bonds. The first-order valence-corrected chi connectivity index (χ1v) is 10.6. The highest BCUT2D eigenvalue weighted by atomic mass is 16.2. The topological polar surface area (TPSA) is 53.9 Å². The zero-order chi connectivity index (χ0) is 20.6. The maximum atomic E-state index is 12.4. The van der Waals surface area contributed by atoms with Crippen LogP contribution < -0.4 is 10.2 Å². The number of hydrogen-bond donors (Lipinski definition) is 2. The van der Waals surface area contributed by atoms with E-state index in [1.165, 1.54) is 5.56 Å². The molecule has 5 heteroatoms. The lowest BCUT2D eigenvalue weighted by molar-refractivity contribution is -0.910. The second kappa shape index (κ2) is 10.2. The second-order valence-corrected chi connectivity index (χ2v) is 7.75. The van der Waals surface area contributed by atoms with E-state index in [0.717, 1.165) is 43.7 Å². The van der Waals surface area contributed by atoms with Crippen molar-refractivity contribution in [3.8, 4) is 0 Å². The van der Waals surface area contributed by atoms with Gasteiger partial charge in [0.2, 0.25) is 5.91 Å². The van der Waals surface area contributed by atoms with Gasteiger partial charge in [-0.1, -0.05) is 36.4 Å². The predicted molar refractivity (Wildman–Crippen MR) is 114 cm³/mol. The van der Waals surface area contributed by atoms with Gasteiger partial charge in [-0.05, 0) is 43.5 Å². The van der Waals surface area contributed by atoms with Gasteiger partial charge in [-0.25, -0.2) is 0 Å². The van der Waals surface area contributed by atoms with Gasteiger partial charge in [0.15, 0.2) is 0 Å². The first-order valence-electron chi connectivity index (χ1n) is 10.6. The van der Waals surface area contributed by atoms with Crippen molar-refractivity contribution in [1.82, 2.24) is 10.2 Å². The Bertz CT molecular complexity index is 811. The molecule has 2 N–H and O–H groups in total. The first kappa shape index (κ1) is 21.1. The Hall–Kier alpha value is -2.66. The van der Waals surface area contributed by atoms with E-state index in [0.29, 0.717) is 25.1 Å². The molecule has 0 radical (unpaired) electrons. The Morgan fingerprint density at radius 2 is 1.59 bits per heavy atom. The number of amides is 2. The van der Waals surface area contributed by atoms with Gasteiger partial charge in [-0.2, -0.15) is 0 Å². The Morgan fingerprint density at radius 3 is 2.17 bits per heavy atom. The average molecular weight is 395 g/mol. The predicted octanol–water partition coefficient (Wildman–Crippen LogP) is 2.16. The fraction of sp³-hybridized carbons (Fsp3) is 0.417. The molecule has 2 aromatic carbocycles. The number of nitrogens with zero attached hydrogens (tertiary/aromatic N) is 1. The average Bonchev–Trinajstić information content (AvgIpc) is 3.16. The Kier molecular flexibility index (Phi) is 7.42. The van der Waals surface area contributed by atoms with E-state index < -0.39 is 0 Å². The highest BCUT2D eigenvalue weighted by Crippen LogP contribution is 2.15. The summed E-state index contributed by atoms with van der Waals surface area (Å²) in [7, 11) is 0. The number of quaternary nitrogens is 1. The van der Waals surface area contributed by atoms with E-state index in [1.807, 2.05) is 29.2 Å². The van der Waals surface area contributed by atoms with Crippen LogP contribution in [0.1, 0.15) is 53.7 Å². The number of likely N-dealkylation sites (tertiary alicyclic amines) is 1. The molecule has 1 fully saturated rings. The van der Waals surface area contributed by atoms with Crippen LogP contribution in [0.25, 0.3) is 0 Å². The molecule has 0 saturated carbocycles. The third-order valence-corrected chi connectivity index (χ3v) is 5.69. The molecule has 29 heavy (non-hydrogen) atoms. The number of rotatable bonds is 9. The van der Waals surface area contributed by atoms with Crippen LogP contribution >= 0.6 is 0 Å². The van der Waals surface area contributed by atoms with Gasteiger partial charge >= 0.3 is 0 Å². The summed E-state index contributed by atoms with van der Waals surface area (Å²) >= 11 is 0. The van der Waals surface area contributed by atoms with Crippen molar-refractivity contribution < 1.29 is 14.5 Å². The fourth-order valence-electron chi connectivity index (χ4n) is 3.70. The summed E-state index contributed by atoms with van der Waals surface area (Å²) in [5, 5.41) is 2.99. The van der Waals surface area contributed by atoms with Crippen molar-refractivity contribution in [3.63, 3.8) is 0 Å². The first-order chi connectivity index (χ1) is 14.1. The quantitative estimate of drug-likeness (QED) is 0.685. The van der Waals surface area contributed by atoms with Gasteiger partial charge < -0.3 is 15.1 Å². The minimum Gasteiger partial charge on any atom is -0.348 e. The number of carbonyl (C=O) groups excluding carboxylic acids is 2. The fourth-order valence-corrected chi connectivity index (χ4v) is 3.70. The van der Waals surface area contributed by atoms with Gasteiger partial charge in [-0.3, -0.25) is 9.59 Å². The standard InChI is InChI=1S/C24H31N3O2/c1-3-26(4-2)17-20-9-7-19(8-10-20)16-25-24(29)22-13-11-21(12-14-22)18-27-15-5-6-23(27)28/h7-14H,3-6,15-18H2,1-2H3,(H,25,29)/p+1. The lowest BCUT2D eigenvalue weighted by atomic mass is 10.1. The van der Waals surface area contributed by atoms with Crippen molar-refractivity contribution >= 4 is 11.8 Å². The van der Waals surface area contributed by atoms with Gasteiger partial charge in [0.1, 0.15) is 6.54 Å². The number of nitrogens with one attached hydrogen (secondary N) is 2. The summed E-state index contributed by atoms with van der Waals surface area (Å²) in [6, 6.07) is 16.0. The number of hydrogen-bond acceptors (Lipinski definition) is 2. The maximum Gasteiger partial charge on any atom is 0.251 e. The van der Waals surface area contributed by atoms with Crippen LogP contribution in [0.2, 0.25) is 0 Å². The zero-order valence-electron chi connectivity index (χ0n) is 17.5. The van der Waals surface area contributed by atoms with Crippen LogP contribution in [-0.4, -0.2) is 36.3 Å². The molecule has 1 aliphatic heterocycles. The third kappa shape index (κ3) is 5.91. The molecule has 2 aromatic rings. The summed E-state index contributed by atoms with van der Waals surface area (Å²) in [6.45, 7) is 9.68. The smallest absolute Gasteiger partial charge is 0.251 e. The lowest BCUT2D eigenvalue weighted by Gasteiger charge is -2.16. The third-order valence-electron chi connectivity index (χ3n) is 5.69. The molecule has 0 unspecified atom stereocenters. The molecule has 1 heterocycles. The Balaban J connectivity index is 1.49. The van der Waals surface area contributed by atoms with Crippen LogP contribution in [0, 0.1) is 0 Å². The lowest BCUT2D eigenvalue weighted by Crippen LogP contribution is -3.10. The summed E-state index contributed by atoms with van der Waals surface area (Å²) in [4.78, 5) is 27.6. The summed E-state index contributed by atoms with van der Waals surface area (Å²) in [5.41, 5.74) is 4.12. The van der Waals surface area contributed by atoms with Gasteiger partial charge in [-0.15, -0.1) is 0 Å². The Labute approximate surface area is 173 Å². The Morgan fingerprint density at radius 1 is 0.966 bits per heavy atom. The van der Waals surface area contributed by atoms with Gasteiger partial charge in [0, 0.05) is 37.2 Å². The molecule has 0 spiro atoms. The van der Waals surface area contributed by atoms with Gasteiger partial charge in [0.25, 0.3) is 5.91 Å². The van der Waals surface area contributed by atoms with E-state index >= 15 is 0 Å². The normalized spacial score (nSPS) is 13.9. The van der Waals surface area contributed by atoms with Crippen molar-refractivity contribution in [2.24, 2.45) is 0 Å². The van der Waals surface area contributed by atoms with E-state index in [-0.39, 0.29) is 11.8 Å². The van der Waals surface area contributed by atoms with E-state index in [4.69, 9.17) is 0 Å².